The van der Waals surface area contributed by atoms with Crippen LogP contribution in [0.4, 0.5) is 5.69 Å². The van der Waals surface area contributed by atoms with Crippen molar-refractivity contribution in [2.24, 2.45) is 0 Å². The molecule has 1 fully saturated rings. The van der Waals surface area contributed by atoms with Gasteiger partial charge in [0.2, 0.25) is 5.91 Å². The normalized spacial score (nSPS) is 14.5. The predicted octanol–water partition coefficient (Wildman–Crippen LogP) is 5.27. The second-order valence-electron chi connectivity index (χ2n) is 7.46. The lowest BCUT2D eigenvalue weighted by molar-refractivity contribution is -0.119. The summed E-state index contributed by atoms with van der Waals surface area (Å²) in [5, 5.41) is 9.14. The Hall–Kier alpha value is -3.78. The highest BCUT2D eigenvalue weighted by molar-refractivity contribution is 5.94. The van der Waals surface area contributed by atoms with Crippen LogP contribution in [-0.2, 0) is 4.79 Å². The van der Waals surface area contributed by atoms with Gasteiger partial charge in [-0.15, -0.1) is 0 Å². The summed E-state index contributed by atoms with van der Waals surface area (Å²) in [7, 11) is 0. The van der Waals surface area contributed by atoms with Crippen molar-refractivity contribution in [1.82, 2.24) is 0 Å². The van der Waals surface area contributed by atoms with Gasteiger partial charge >= 0.3 is 0 Å². The van der Waals surface area contributed by atoms with Crippen LogP contribution in [0.5, 0.6) is 11.5 Å². The van der Waals surface area contributed by atoms with Gasteiger partial charge in [-0.05, 0) is 60.9 Å². The quantitative estimate of drug-likeness (QED) is 0.530. The largest absolute Gasteiger partial charge is 0.489 e. The molecule has 1 heterocycles. The number of ether oxygens (including phenoxy) is 2. The molecule has 0 radical (unpaired) electrons. The van der Waals surface area contributed by atoms with Crippen molar-refractivity contribution in [2.75, 3.05) is 18.1 Å². The van der Waals surface area contributed by atoms with Crippen LogP contribution in [-0.4, -0.2) is 19.1 Å². The second kappa shape index (κ2) is 9.82. The number of nitriles is 1. The lowest BCUT2D eigenvalue weighted by Gasteiger charge is -2.27. The van der Waals surface area contributed by atoms with Crippen LogP contribution in [0.15, 0.2) is 78.9 Å². The molecule has 1 unspecified atom stereocenters. The molecule has 3 aromatic carbocycles. The van der Waals surface area contributed by atoms with Crippen LogP contribution in [0.1, 0.15) is 36.5 Å². The molecule has 0 spiro atoms. The van der Waals surface area contributed by atoms with E-state index in [0.29, 0.717) is 30.1 Å². The van der Waals surface area contributed by atoms with E-state index in [2.05, 4.69) is 6.07 Å². The zero-order valence-corrected chi connectivity index (χ0v) is 17.2. The van der Waals surface area contributed by atoms with Crippen LogP contribution in [0, 0.1) is 11.3 Å². The zero-order valence-electron chi connectivity index (χ0n) is 17.2. The number of hydrogen-bond donors (Lipinski definition) is 0. The van der Waals surface area contributed by atoms with Gasteiger partial charge in [0.25, 0.3) is 0 Å². The highest BCUT2D eigenvalue weighted by Gasteiger charge is 2.20. The number of rotatable bonds is 7. The molecule has 1 atom stereocenters. The molecule has 31 heavy (non-hydrogen) atoms. The molecule has 1 saturated heterocycles. The first-order valence-electron chi connectivity index (χ1n) is 10.5. The fourth-order valence-electron chi connectivity index (χ4n) is 3.64. The molecule has 3 aromatic rings. The Bertz CT molecular complexity index is 1060. The third-order valence-corrected chi connectivity index (χ3v) is 5.29. The lowest BCUT2D eigenvalue weighted by Crippen LogP contribution is -2.35. The molecule has 1 aliphatic heterocycles. The Labute approximate surface area is 182 Å². The number of carbonyl (C=O) groups is 1. The molecule has 0 N–H and O–H groups in total. The molecule has 5 heteroatoms. The summed E-state index contributed by atoms with van der Waals surface area (Å²) in [5.41, 5.74) is 2.44. The van der Waals surface area contributed by atoms with Crippen molar-refractivity contribution in [2.45, 2.75) is 25.4 Å². The molecule has 4 rings (SSSR count). The van der Waals surface area contributed by atoms with Gasteiger partial charge < -0.3 is 14.4 Å². The Morgan fingerprint density at radius 2 is 1.74 bits per heavy atom. The average Bonchev–Trinajstić information content (AvgIpc) is 2.83. The molecule has 5 nitrogen and oxygen atoms in total. The van der Waals surface area contributed by atoms with E-state index in [4.69, 9.17) is 14.7 Å². The van der Waals surface area contributed by atoms with Crippen molar-refractivity contribution >= 4 is 11.6 Å². The number of carbonyl (C=O) groups excluding carboxylic acids is 1. The first-order valence-corrected chi connectivity index (χ1v) is 10.5. The number of hydrogen-bond acceptors (Lipinski definition) is 4. The van der Waals surface area contributed by atoms with Gasteiger partial charge in [0.15, 0.2) is 6.10 Å². The molecule has 0 aliphatic carbocycles. The topological polar surface area (TPSA) is 62.6 Å². The predicted molar refractivity (Wildman–Crippen MR) is 119 cm³/mol. The van der Waals surface area contributed by atoms with E-state index in [0.717, 1.165) is 30.6 Å². The molecule has 0 saturated carbocycles. The van der Waals surface area contributed by atoms with Gasteiger partial charge in [-0.1, -0.05) is 36.4 Å². The maximum absolute atomic E-state index is 12.1. The fourth-order valence-corrected chi connectivity index (χ4v) is 3.64. The van der Waals surface area contributed by atoms with Gasteiger partial charge in [-0.2, -0.15) is 5.26 Å². The van der Waals surface area contributed by atoms with E-state index in [1.165, 1.54) is 0 Å². The number of anilines is 1. The summed E-state index contributed by atoms with van der Waals surface area (Å²) in [6.45, 7) is 1.08. The summed E-state index contributed by atoms with van der Waals surface area (Å²) in [6, 6.07) is 26.7. The Balaban J connectivity index is 1.46. The lowest BCUT2D eigenvalue weighted by atomic mass is 10.1. The number of amides is 1. The standard InChI is InChI=1S/C26H24N2O3/c27-18-20-7-6-10-24(17-20)31-25(21-8-2-1-3-9-21)19-30-23-14-12-22(13-15-23)28-16-5-4-11-26(28)29/h1-3,6-10,12-15,17,25H,4-5,11,16,19H2. The third kappa shape index (κ3) is 5.23. The van der Waals surface area contributed by atoms with Crippen molar-refractivity contribution < 1.29 is 14.3 Å². The number of nitrogens with zero attached hydrogens (tertiary/aromatic N) is 2. The molecule has 0 aromatic heterocycles. The fraction of sp³-hybridized carbons (Fsp3) is 0.231. The maximum atomic E-state index is 12.1. The second-order valence-corrected chi connectivity index (χ2v) is 7.46. The van der Waals surface area contributed by atoms with Crippen molar-refractivity contribution in [3.05, 3.63) is 90.0 Å². The Morgan fingerprint density at radius 3 is 2.48 bits per heavy atom. The SMILES string of the molecule is N#Cc1cccc(OC(COc2ccc(N3CCCCC3=O)cc2)c2ccccc2)c1. The van der Waals surface area contributed by atoms with Gasteiger partial charge in [-0.25, -0.2) is 0 Å². The van der Waals surface area contributed by atoms with E-state index in [-0.39, 0.29) is 12.0 Å². The van der Waals surface area contributed by atoms with E-state index in [1.807, 2.05) is 65.6 Å². The van der Waals surface area contributed by atoms with E-state index in [1.54, 1.807) is 18.2 Å². The number of benzene rings is 3. The summed E-state index contributed by atoms with van der Waals surface area (Å²) in [6.07, 6.45) is 2.28. The summed E-state index contributed by atoms with van der Waals surface area (Å²) >= 11 is 0. The monoisotopic (exact) mass is 412 g/mol. The van der Waals surface area contributed by atoms with Crippen LogP contribution >= 0.6 is 0 Å². The van der Waals surface area contributed by atoms with Gasteiger partial charge in [0.05, 0.1) is 11.6 Å². The number of piperidine rings is 1. The minimum atomic E-state index is -0.335. The van der Waals surface area contributed by atoms with Gasteiger partial charge in [0, 0.05) is 18.7 Å². The minimum absolute atomic E-state index is 0.178. The summed E-state index contributed by atoms with van der Waals surface area (Å²) < 4.78 is 12.2. The molecule has 1 aliphatic rings. The maximum Gasteiger partial charge on any atom is 0.226 e. The summed E-state index contributed by atoms with van der Waals surface area (Å²) in [4.78, 5) is 14.0. The van der Waals surface area contributed by atoms with E-state index < -0.39 is 0 Å². The van der Waals surface area contributed by atoms with Crippen LogP contribution < -0.4 is 14.4 Å². The third-order valence-electron chi connectivity index (χ3n) is 5.29. The molecule has 0 bridgehead atoms. The first-order chi connectivity index (χ1) is 15.2. The molecule has 156 valence electrons. The van der Waals surface area contributed by atoms with Crippen LogP contribution in [0.2, 0.25) is 0 Å². The Morgan fingerprint density at radius 1 is 0.935 bits per heavy atom. The molecular weight excluding hydrogens is 388 g/mol. The van der Waals surface area contributed by atoms with E-state index in [9.17, 15) is 4.79 Å². The zero-order chi connectivity index (χ0) is 21.5. The van der Waals surface area contributed by atoms with Crippen molar-refractivity contribution in [1.29, 1.82) is 5.26 Å². The minimum Gasteiger partial charge on any atom is -0.489 e. The first kappa shape index (κ1) is 20.5. The van der Waals surface area contributed by atoms with Crippen molar-refractivity contribution in [3.63, 3.8) is 0 Å². The molecular formula is C26H24N2O3. The van der Waals surface area contributed by atoms with E-state index >= 15 is 0 Å². The van der Waals surface area contributed by atoms with Gasteiger partial charge in [0.1, 0.15) is 18.1 Å². The van der Waals surface area contributed by atoms with Crippen LogP contribution in [0.3, 0.4) is 0 Å². The Kier molecular flexibility index (Phi) is 6.49. The summed E-state index contributed by atoms with van der Waals surface area (Å²) in [5.74, 6) is 1.51. The van der Waals surface area contributed by atoms with Crippen molar-refractivity contribution in [3.8, 4) is 17.6 Å². The highest BCUT2D eigenvalue weighted by Crippen LogP contribution is 2.26. The van der Waals surface area contributed by atoms with Crippen LogP contribution in [0.25, 0.3) is 0 Å². The molecule has 1 amide bonds. The highest BCUT2D eigenvalue weighted by atomic mass is 16.5. The smallest absolute Gasteiger partial charge is 0.226 e. The average molecular weight is 412 g/mol. The van der Waals surface area contributed by atoms with Gasteiger partial charge in [-0.3, -0.25) is 4.79 Å².